The maximum absolute atomic E-state index is 13.1. The number of rotatable bonds is 9. The number of hydrogen-bond donors (Lipinski definition) is 2. The van der Waals surface area contributed by atoms with Crippen LogP contribution < -0.4 is 11.1 Å². The van der Waals surface area contributed by atoms with E-state index in [0.717, 1.165) is 0 Å². The lowest BCUT2D eigenvalue weighted by Crippen LogP contribution is -2.27. The fourth-order valence-corrected chi connectivity index (χ4v) is 5.91. The van der Waals surface area contributed by atoms with Crippen LogP contribution in [0.15, 0.2) is 72.8 Å². The molecular weight excluding hydrogens is 814 g/mol. The van der Waals surface area contributed by atoms with Gasteiger partial charge in [-0.15, -0.1) is 46.4 Å². The molecule has 0 bridgehead atoms. The molecule has 55 heavy (non-hydrogen) atoms. The predicted molar refractivity (Wildman–Crippen MR) is 213 cm³/mol. The third-order valence-electron chi connectivity index (χ3n) is 8.40. The Bertz CT molecular complexity index is 2270. The number of carbonyl (C=O) groups is 8. The van der Waals surface area contributed by atoms with Crippen molar-refractivity contribution < 1.29 is 38.4 Å². The molecule has 284 valence electrons. The molecule has 2 aliphatic rings. The van der Waals surface area contributed by atoms with Crippen LogP contribution in [0.5, 0.6) is 0 Å². The zero-order valence-electron chi connectivity index (χ0n) is 29.1. The summed E-state index contributed by atoms with van der Waals surface area (Å²) < 4.78 is 0. The van der Waals surface area contributed by atoms with Gasteiger partial charge in [0.1, 0.15) is 10.8 Å². The molecule has 4 aromatic rings. The molecule has 2 aliphatic carbocycles. The second-order valence-corrected chi connectivity index (χ2v) is 14.4. The monoisotopic (exact) mass is 842 g/mol. The summed E-state index contributed by atoms with van der Waals surface area (Å²) in [5.74, 6) is -2.55. The number of amides is 1. The Morgan fingerprint density at radius 3 is 1.38 bits per heavy atom. The Morgan fingerprint density at radius 1 is 0.582 bits per heavy atom. The van der Waals surface area contributed by atoms with E-state index in [9.17, 15) is 38.4 Å². The van der Waals surface area contributed by atoms with E-state index >= 15 is 0 Å². The molecule has 0 aliphatic heterocycles. The van der Waals surface area contributed by atoms with E-state index in [1.54, 1.807) is 66.7 Å². The first-order valence-corrected chi connectivity index (χ1v) is 18.7. The Labute approximate surface area is 340 Å². The number of anilines is 2. The number of hydrogen-bond acceptors (Lipinski definition) is 9. The van der Waals surface area contributed by atoms with Crippen molar-refractivity contribution in [3.8, 4) is 0 Å². The molecule has 0 saturated carbocycles. The number of carbonyl (C=O) groups excluding carboxylic acids is 8. The summed E-state index contributed by atoms with van der Waals surface area (Å²) in [5, 5.41) is 0.696. The average molecular weight is 845 g/mol. The molecule has 3 N–H and O–H groups in total. The van der Waals surface area contributed by atoms with Gasteiger partial charge in [-0.2, -0.15) is 0 Å². The molecule has 2 unspecified atom stereocenters. The molecule has 0 fully saturated rings. The maximum atomic E-state index is 13.1. The summed E-state index contributed by atoms with van der Waals surface area (Å²) in [7, 11) is 0. The van der Waals surface area contributed by atoms with E-state index < -0.39 is 27.7 Å². The number of fused-ring (bicyclic) bond motifs is 4. The van der Waals surface area contributed by atoms with Crippen LogP contribution in [-0.4, -0.2) is 68.4 Å². The summed E-state index contributed by atoms with van der Waals surface area (Å²) >= 11 is 26.9. The SMILES string of the molecule is CC(Cl)C(=O)Cl.CC(Cl)C(=O)Nc1c(CC(=O)CCl)ccc2c1C(=O)c1ccccc1C2=O.Nc1c(CC(=O)CCl)ccc2c1C(=O)c1ccccc1C2=O. The van der Waals surface area contributed by atoms with E-state index in [1.807, 2.05) is 0 Å². The Morgan fingerprint density at radius 2 is 0.964 bits per heavy atom. The van der Waals surface area contributed by atoms with Gasteiger partial charge >= 0.3 is 0 Å². The van der Waals surface area contributed by atoms with Crippen LogP contribution in [0.2, 0.25) is 0 Å². The smallest absolute Gasteiger partial charge is 0.242 e. The van der Waals surface area contributed by atoms with Gasteiger partial charge in [-0.05, 0) is 48.7 Å². The van der Waals surface area contributed by atoms with Crippen molar-refractivity contribution in [1.29, 1.82) is 0 Å². The zero-order valence-corrected chi connectivity index (χ0v) is 32.9. The van der Waals surface area contributed by atoms with Crippen molar-refractivity contribution in [2.45, 2.75) is 37.4 Å². The minimum Gasteiger partial charge on any atom is -0.398 e. The number of halogens is 5. The highest BCUT2D eigenvalue weighted by molar-refractivity contribution is 6.69. The van der Waals surface area contributed by atoms with Crippen molar-refractivity contribution in [3.05, 3.63) is 128 Å². The van der Waals surface area contributed by atoms with Gasteiger partial charge < -0.3 is 11.1 Å². The highest BCUT2D eigenvalue weighted by Crippen LogP contribution is 2.35. The molecule has 0 saturated heterocycles. The number of nitrogen functional groups attached to an aromatic ring is 1. The molecule has 0 spiro atoms. The summed E-state index contributed by atoms with van der Waals surface area (Å²) in [6, 6.07) is 19.4. The van der Waals surface area contributed by atoms with Gasteiger partial charge in [-0.1, -0.05) is 60.7 Å². The van der Waals surface area contributed by atoms with Crippen LogP contribution in [-0.2, 0) is 32.0 Å². The fourth-order valence-electron chi connectivity index (χ4n) is 5.67. The highest BCUT2D eigenvalue weighted by atomic mass is 35.5. The number of nitrogens with two attached hydrogens (primary N) is 1. The summed E-state index contributed by atoms with van der Waals surface area (Å²) in [6.45, 7) is 3.01. The minimum atomic E-state index is -0.862. The van der Waals surface area contributed by atoms with E-state index in [1.165, 1.54) is 19.9 Å². The van der Waals surface area contributed by atoms with Gasteiger partial charge in [0.25, 0.3) is 0 Å². The maximum Gasteiger partial charge on any atom is 0.242 e. The summed E-state index contributed by atoms with van der Waals surface area (Å²) in [4.78, 5) is 96.4. The van der Waals surface area contributed by atoms with E-state index in [2.05, 4.69) is 5.32 Å². The van der Waals surface area contributed by atoms with Gasteiger partial charge in [0.15, 0.2) is 34.7 Å². The van der Waals surface area contributed by atoms with Gasteiger partial charge in [0.05, 0.1) is 28.6 Å². The molecule has 0 radical (unpaired) electrons. The number of ketones is 6. The Hall–Kier alpha value is -4.71. The molecule has 1 amide bonds. The van der Waals surface area contributed by atoms with E-state index in [4.69, 9.17) is 63.7 Å². The third-order valence-corrected chi connectivity index (χ3v) is 9.83. The van der Waals surface area contributed by atoms with Crippen molar-refractivity contribution >= 4 is 115 Å². The minimum absolute atomic E-state index is 0.0474. The van der Waals surface area contributed by atoms with Crippen molar-refractivity contribution in [3.63, 3.8) is 0 Å². The lowest BCUT2D eigenvalue weighted by Gasteiger charge is -2.23. The Kier molecular flexibility index (Phi) is 14.7. The summed E-state index contributed by atoms with van der Waals surface area (Å²) in [5.41, 5.74) is 9.29. The third kappa shape index (κ3) is 9.58. The second-order valence-electron chi connectivity index (χ2n) is 12.2. The largest absolute Gasteiger partial charge is 0.398 e. The fraction of sp³-hybridized carbons (Fsp3) is 0.200. The first-order chi connectivity index (χ1) is 26.0. The van der Waals surface area contributed by atoms with Gasteiger partial charge in [0.2, 0.25) is 11.1 Å². The second kappa shape index (κ2) is 18.8. The van der Waals surface area contributed by atoms with Crippen LogP contribution in [0.25, 0.3) is 0 Å². The average Bonchev–Trinajstić information content (AvgIpc) is 3.17. The number of benzene rings is 4. The zero-order chi connectivity index (χ0) is 40.7. The van der Waals surface area contributed by atoms with Crippen LogP contribution in [0.1, 0.15) is 88.7 Å². The number of alkyl halides is 4. The topological polar surface area (TPSA) is 175 Å². The normalized spacial score (nSPS) is 13.3. The van der Waals surface area contributed by atoms with Crippen molar-refractivity contribution in [1.82, 2.24) is 0 Å². The molecule has 0 aromatic heterocycles. The lowest BCUT2D eigenvalue weighted by atomic mass is 9.81. The molecule has 2 atom stereocenters. The number of nitrogens with one attached hydrogen (secondary N) is 1. The van der Waals surface area contributed by atoms with Crippen molar-refractivity contribution in [2.75, 3.05) is 22.8 Å². The first-order valence-electron chi connectivity index (χ1n) is 16.4. The highest BCUT2D eigenvalue weighted by Gasteiger charge is 2.34. The van der Waals surface area contributed by atoms with Gasteiger partial charge in [0, 0.05) is 51.9 Å². The standard InChI is InChI=1S/C20H15Cl2NO4.C17H12ClNO3.C3H4Cl2O/c1-10(22)20(27)23-17-11(8-12(24)9-21)6-7-15-16(17)19(26)14-5-3-2-4-13(14)18(15)25;18-8-10(20)7-9-5-6-13-14(15(9)19)17(22)12-4-2-1-3-11(12)16(13)21;1-2(4)3(5)6/h2-7,10H,8-9H2,1H3,(H,23,27);1-6H,7-8,19H2;2H,1H3. The summed E-state index contributed by atoms with van der Waals surface area (Å²) in [6.07, 6.45) is -0.0299. The van der Waals surface area contributed by atoms with Crippen LogP contribution in [0.3, 0.4) is 0 Å². The van der Waals surface area contributed by atoms with Crippen LogP contribution in [0, 0.1) is 0 Å². The quantitative estimate of drug-likeness (QED) is 0.0870. The molecular formula is C40H31Cl5N2O8. The predicted octanol–water partition coefficient (Wildman–Crippen LogP) is 7.15. The number of Topliss-reactive ketones (excluding diaryl/α,β-unsaturated/α-hetero) is 2. The van der Waals surface area contributed by atoms with Crippen molar-refractivity contribution in [2.24, 2.45) is 0 Å². The van der Waals surface area contributed by atoms with Gasteiger partial charge in [-0.3, -0.25) is 38.4 Å². The van der Waals surface area contributed by atoms with E-state index in [0.29, 0.717) is 27.8 Å². The van der Waals surface area contributed by atoms with Crippen LogP contribution in [0.4, 0.5) is 11.4 Å². The molecule has 0 heterocycles. The molecule has 6 rings (SSSR count). The first kappa shape index (κ1) is 43.0. The van der Waals surface area contributed by atoms with Crippen LogP contribution >= 0.6 is 58.0 Å². The lowest BCUT2D eigenvalue weighted by molar-refractivity contribution is -0.117. The molecule has 10 nitrogen and oxygen atoms in total. The van der Waals surface area contributed by atoms with Gasteiger partial charge in [-0.25, -0.2) is 0 Å². The molecule has 15 heteroatoms. The Balaban J connectivity index is 0.000000216. The molecule has 4 aromatic carbocycles. The van der Waals surface area contributed by atoms with E-state index in [-0.39, 0.29) is 92.7 Å².